The topological polar surface area (TPSA) is 32.3 Å². The number of carbonyl (C=O) groups is 1. The van der Waals surface area contributed by atoms with Crippen LogP contribution in [-0.2, 0) is 12.8 Å². The van der Waals surface area contributed by atoms with E-state index in [2.05, 4.69) is 29.6 Å². The first-order valence-corrected chi connectivity index (χ1v) is 9.44. The molecule has 3 heteroatoms. The molecule has 1 N–H and O–H groups in total. The number of nitrogens with one attached hydrogen (secondary N) is 1. The summed E-state index contributed by atoms with van der Waals surface area (Å²) in [6, 6.07) is 19.0. The molecule has 1 fully saturated rings. The van der Waals surface area contributed by atoms with E-state index < -0.39 is 0 Å². The minimum absolute atomic E-state index is 0.179. The molecule has 4 rings (SSSR count). The van der Waals surface area contributed by atoms with Crippen LogP contribution in [0, 0.1) is 5.92 Å². The monoisotopic (exact) mass is 334 g/mol. The first kappa shape index (κ1) is 16.3. The lowest BCUT2D eigenvalue weighted by Crippen LogP contribution is -2.42. The van der Waals surface area contributed by atoms with Crippen molar-refractivity contribution in [2.24, 2.45) is 5.92 Å². The summed E-state index contributed by atoms with van der Waals surface area (Å²) in [6.45, 7) is 2.84. The van der Waals surface area contributed by atoms with E-state index in [0.717, 1.165) is 50.9 Å². The van der Waals surface area contributed by atoms with Gasteiger partial charge in [-0.1, -0.05) is 42.5 Å². The average molecular weight is 334 g/mol. The summed E-state index contributed by atoms with van der Waals surface area (Å²) in [5.41, 5.74) is 3.81. The summed E-state index contributed by atoms with van der Waals surface area (Å²) in [4.78, 5) is 14.5. The largest absolute Gasteiger partial charge is 0.339 e. The number of fused-ring (bicyclic) bond motifs is 1. The number of nitrogens with zero attached hydrogens (tertiary/aromatic N) is 1. The molecule has 0 atom stereocenters. The first-order valence-electron chi connectivity index (χ1n) is 9.44. The second kappa shape index (κ2) is 7.40. The van der Waals surface area contributed by atoms with Gasteiger partial charge >= 0.3 is 0 Å². The van der Waals surface area contributed by atoms with Crippen molar-refractivity contribution in [2.45, 2.75) is 31.7 Å². The number of piperidine rings is 1. The van der Waals surface area contributed by atoms with E-state index >= 15 is 0 Å². The van der Waals surface area contributed by atoms with Crippen molar-refractivity contribution < 1.29 is 4.79 Å². The molecule has 1 heterocycles. The molecule has 0 spiro atoms. The van der Waals surface area contributed by atoms with Crippen molar-refractivity contribution >= 4 is 5.91 Å². The van der Waals surface area contributed by atoms with E-state index in [9.17, 15) is 4.79 Å². The first-order chi connectivity index (χ1) is 12.3. The highest BCUT2D eigenvalue weighted by Gasteiger charge is 2.25. The van der Waals surface area contributed by atoms with Gasteiger partial charge in [0.05, 0.1) is 0 Å². The van der Waals surface area contributed by atoms with Crippen molar-refractivity contribution in [1.29, 1.82) is 0 Å². The van der Waals surface area contributed by atoms with Crippen LogP contribution in [-0.4, -0.2) is 36.5 Å². The Hall–Kier alpha value is -2.13. The van der Waals surface area contributed by atoms with Crippen molar-refractivity contribution in [2.75, 3.05) is 19.6 Å². The van der Waals surface area contributed by atoms with Gasteiger partial charge in [0.1, 0.15) is 0 Å². The Kier molecular flexibility index (Phi) is 4.84. The van der Waals surface area contributed by atoms with Gasteiger partial charge in [-0.2, -0.15) is 0 Å². The lowest BCUT2D eigenvalue weighted by atomic mass is 9.95. The minimum atomic E-state index is 0.179. The molecule has 2 aliphatic rings. The third-order valence-corrected chi connectivity index (χ3v) is 5.67. The van der Waals surface area contributed by atoms with Gasteiger partial charge in [0, 0.05) is 24.7 Å². The summed E-state index contributed by atoms with van der Waals surface area (Å²) < 4.78 is 0. The van der Waals surface area contributed by atoms with Crippen LogP contribution in [0.5, 0.6) is 0 Å². The van der Waals surface area contributed by atoms with Crippen molar-refractivity contribution in [3.8, 4) is 0 Å². The maximum absolute atomic E-state index is 12.5. The van der Waals surface area contributed by atoms with Crippen LogP contribution >= 0.6 is 0 Å². The standard InChI is InChI=1S/C22H26N2O/c25-22(18-6-2-1-3-7-18)24-12-10-17(11-13-24)16-23-21-14-19-8-4-5-9-20(19)15-21/h1-9,17,21,23H,10-16H2. The smallest absolute Gasteiger partial charge is 0.253 e. The van der Waals surface area contributed by atoms with Crippen LogP contribution in [0.4, 0.5) is 0 Å². The number of benzene rings is 2. The normalized spacial score (nSPS) is 18.3. The number of amides is 1. The van der Waals surface area contributed by atoms with Gasteiger partial charge in [0.15, 0.2) is 0 Å². The summed E-state index contributed by atoms with van der Waals surface area (Å²) in [7, 11) is 0. The van der Waals surface area contributed by atoms with E-state index in [0.29, 0.717) is 12.0 Å². The minimum Gasteiger partial charge on any atom is -0.339 e. The highest BCUT2D eigenvalue weighted by atomic mass is 16.2. The Morgan fingerprint density at radius 2 is 1.52 bits per heavy atom. The van der Waals surface area contributed by atoms with Crippen LogP contribution in [0.25, 0.3) is 0 Å². The van der Waals surface area contributed by atoms with Crippen molar-refractivity contribution in [1.82, 2.24) is 10.2 Å². The summed E-state index contributed by atoms with van der Waals surface area (Å²) >= 11 is 0. The average Bonchev–Trinajstić information content (AvgIpc) is 3.10. The zero-order chi connectivity index (χ0) is 17.1. The van der Waals surface area contributed by atoms with Crippen molar-refractivity contribution in [3.63, 3.8) is 0 Å². The predicted molar refractivity (Wildman–Crippen MR) is 101 cm³/mol. The SMILES string of the molecule is O=C(c1ccccc1)N1CCC(CNC2Cc3ccccc3C2)CC1. The van der Waals surface area contributed by atoms with Crippen LogP contribution in [0.2, 0.25) is 0 Å². The predicted octanol–water partition coefficient (Wildman–Crippen LogP) is 3.30. The molecule has 0 saturated carbocycles. The highest BCUT2D eigenvalue weighted by molar-refractivity contribution is 5.94. The molecule has 3 nitrogen and oxygen atoms in total. The fraction of sp³-hybridized carbons (Fsp3) is 0.409. The zero-order valence-corrected chi connectivity index (χ0v) is 14.7. The molecule has 2 aromatic carbocycles. The number of carbonyl (C=O) groups excluding carboxylic acids is 1. The number of rotatable bonds is 4. The Morgan fingerprint density at radius 1 is 0.920 bits per heavy atom. The third-order valence-electron chi connectivity index (χ3n) is 5.67. The molecule has 1 saturated heterocycles. The van der Waals surface area contributed by atoms with Gasteiger partial charge in [0.2, 0.25) is 0 Å². The maximum atomic E-state index is 12.5. The lowest BCUT2D eigenvalue weighted by Gasteiger charge is -2.32. The van der Waals surface area contributed by atoms with E-state index in [1.807, 2.05) is 35.2 Å². The van der Waals surface area contributed by atoms with Gasteiger partial charge in [-0.15, -0.1) is 0 Å². The summed E-state index contributed by atoms with van der Waals surface area (Å²) in [6.07, 6.45) is 4.51. The molecule has 0 radical (unpaired) electrons. The molecule has 0 bridgehead atoms. The van der Waals surface area contributed by atoms with Crippen LogP contribution in [0.15, 0.2) is 54.6 Å². The Morgan fingerprint density at radius 3 is 2.16 bits per heavy atom. The number of likely N-dealkylation sites (tertiary alicyclic amines) is 1. The fourth-order valence-corrected chi connectivity index (χ4v) is 4.14. The number of hydrogen-bond acceptors (Lipinski definition) is 2. The van der Waals surface area contributed by atoms with Gasteiger partial charge in [-0.25, -0.2) is 0 Å². The fourth-order valence-electron chi connectivity index (χ4n) is 4.14. The molecule has 130 valence electrons. The zero-order valence-electron chi connectivity index (χ0n) is 14.7. The van der Waals surface area contributed by atoms with Gasteiger partial charge in [0.25, 0.3) is 5.91 Å². The molecule has 0 unspecified atom stereocenters. The molecule has 2 aromatic rings. The van der Waals surface area contributed by atoms with E-state index in [4.69, 9.17) is 0 Å². The van der Waals surface area contributed by atoms with Gasteiger partial charge in [-0.05, 0) is 61.4 Å². The third kappa shape index (κ3) is 3.77. The quantitative estimate of drug-likeness (QED) is 0.930. The number of hydrogen-bond donors (Lipinski definition) is 1. The van der Waals surface area contributed by atoms with Gasteiger partial charge < -0.3 is 10.2 Å². The van der Waals surface area contributed by atoms with E-state index in [-0.39, 0.29) is 5.91 Å². The van der Waals surface area contributed by atoms with Crippen molar-refractivity contribution in [3.05, 3.63) is 71.3 Å². The Labute approximate surface area is 150 Å². The van der Waals surface area contributed by atoms with Gasteiger partial charge in [-0.3, -0.25) is 4.79 Å². The van der Waals surface area contributed by atoms with Crippen LogP contribution in [0.1, 0.15) is 34.3 Å². The molecule has 25 heavy (non-hydrogen) atoms. The second-order valence-electron chi connectivity index (χ2n) is 7.38. The van der Waals surface area contributed by atoms with E-state index in [1.165, 1.54) is 11.1 Å². The Balaban J connectivity index is 1.23. The molecule has 1 aliphatic heterocycles. The van der Waals surface area contributed by atoms with E-state index in [1.54, 1.807) is 0 Å². The van der Waals surface area contributed by atoms with Crippen LogP contribution < -0.4 is 5.32 Å². The summed E-state index contributed by atoms with van der Waals surface area (Å²) in [5, 5.41) is 3.77. The molecule has 0 aromatic heterocycles. The molecule has 1 amide bonds. The van der Waals surface area contributed by atoms with Crippen LogP contribution in [0.3, 0.4) is 0 Å². The maximum Gasteiger partial charge on any atom is 0.253 e. The lowest BCUT2D eigenvalue weighted by molar-refractivity contribution is 0.0689. The second-order valence-corrected chi connectivity index (χ2v) is 7.38. The molecule has 1 aliphatic carbocycles. The Bertz CT molecular complexity index is 695. The highest BCUT2D eigenvalue weighted by Crippen LogP contribution is 2.23. The summed E-state index contributed by atoms with van der Waals surface area (Å²) in [5.74, 6) is 0.863. The molecular formula is C22H26N2O. The molecular weight excluding hydrogens is 308 g/mol.